The third-order valence-electron chi connectivity index (χ3n) is 9.11. The second kappa shape index (κ2) is 14.8. The van der Waals surface area contributed by atoms with E-state index >= 15 is 0 Å². The summed E-state index contributed by atoms with van der Waals surface area (Å²) in [7, 11) is 5.32. The van der Waals surface area contributed by atoms with Crippen molar-refractivity contribution in [3.63, 3.8) is 0 Å². The van der Waals surface area contributed by atoms with Crippen LogP contribution in [0, 0.1) is 0 Å². The summed E-state index contributed by atoms with van der Waals surface area (Å²) < 4.78 is 43.0. The second-order valence-electron chi connectivity index (χ2n) is 11.9. The van der Waals surface area contributed by atoms with Crippen LogP contribution in [0.15, 0.2) is 34.9 Å². The summed E-state index contributed by atoms with van der Waals surface area (Å²) in [6.45, 7) is 9.49. The Balaban J connectivity index is 1.22. The lowest BCUT2D eigenvalue weighted by Gasteiger charge is -2.43. The van der Waals surface area contributed by atoms with Gasteiger partial charge in [0.05, 0.1) is 23.0 Å². The quantitative estimate of drug-likeness (QED) is 0.285. The topological polar surface area (TPSA) is 131 Å². The van der Waals surface area contributed by atoms with Gasteiger partial charge in [0.1, 0.15) is 30.5 Å². The number of halogens is 1. The molecule has 2 saturated heterocycles. The Morgan fingerprint density at radius 3 is 2.53 bits per heavy atom. The standard InChI is InChI=1S/C32H43BrN8O5S/c1-5-21-18-25(28(44-4)19-26(21)41-10-8-22(9-11-41)40-14-12-38(2)13-15-40)36-32-34-20-23(33)31(37-32)35-24-6-7-27-30(46-17-16-45-27)29(24)39(3)47(42)43/h6-7,18-20,22H,5,8-17H2,1-4H3,(H,42,43)(H2,34,35,36,37)/p-1. The molecule has 0 aliphatic carbocycles. The lowest BCUT2D eigenvalue weighted by molar-refractivity contribution is 0.0982. The highest BCUT2D eigenvalue weighted by molar-refractivity contribution is 9.10. The molecule has 1 unspecified atom stereocenters. The van der Waals surface area contributed by atoms with Crippen LogP contribution in [-0.4, -0.2) is 108 Å². The number of nitrogens with one attached hydrogen (secondary N) is 2. The first-order valence-corrected chi connectivity index (χ1v) is 17.8. The van der Waals surface area contributed by atoms with Crippen molar-refractivity contribution in [3.8, 4) is 17.2 Å². The van der Waals surface area contributed by atoms with Gasteiger partial charge < -0.3 is 43.5 Å². The number of methoxy groups -OCH3 is 1. The number of aromatic nitrogens is 2. The normalized spacial score (nSPS) is 18.1. The monoisotopic (exact) mass is 729 g/mol. The van der Waals surface area contributed by atoms with E-state index in [2.05, 4.69) is 72.4 Å². The average Bonchev–Trinajstić information content (AvgIpc) is 3.09. The molecule has 1 aromatic heterocycles. The fraction of sp³-hybridized carbons (Fsp3) is 0.500. The molecular formula is C32H42BrN8O5S-. The summed E-state index contributed by atoms with van der Waals surface area (Å²) in [5.74, 6) is 2.29. The zero-order valence-electron chi connectivity index (χ0n) is 27.3. The van der Waals surface area contributed by atoms with Crippen LogP contribution in [0.4, 0.5) is 34.5 Å². The molecule has 0 bridgehead atoms. The number of likely N-dealkylation sites (N-methyl/N-ethyl adjacent to an activating group) is 1. The molecule has 2 fully saturated rings. The van der Waals surface area contributed by atoms with Crippen LogP contribution in [0.25, 0.3) is 0 Å². The van der Waals surface area contributed by atoms with E-state index in [-0.39, 0.29) is 0 Å². The van der Waals surface area contributed by atoms with Gasteiger partial charge in [-0.15, -0.1) is 0 Å². The molecule has 2 aromatic carbocycles. The van der Waals surface area contributed by atoms with Gasteiger partial charge in [0.15, 0.2) is 11.5 Å². The van der Waals surface area contributed by atoms with Gasteiger partial charge >= 0.3 is 0 Å². The first-order chi connectivity index (χ1) is 22.7. The van der Waals surface area contributed by atoms with Gasteiger partial charge in [-0.3, -0.25) is 9.11 Å². The molecule has 0 radical (unpaired) electrons. The molecule has 6 rings (SSSR count). The smallest absolute Gasteiger partial charge is 0.229 e. The van der Waals surface area contributed by atoms with Crippen LogP contribution in [0.1, 0.15) is 25.3 Å². The molecule has 0 amide bonds. The first kappa shape index (κ1) is 33.5. The number of aryl methyl sites for hydroxylation is 1. The number of piperazine rings is 1. The number of anilines is 6. The van der Waals surface area contributed by atoms with E-state index < -0.39 is 11.3 Å². The van der Waals surface area contributed by atoms with Gasteiger partial charge in [0.2, 0.25) is 5.95 Å². The second-order valence-corrected chi connectivity index (χ2v) is 13.8. The zero-order chi connectivity index (χ0) is 33.1. The molecule has 3 aromatic rings. The molecule has 13 nitrogen and oxygen atoms in total. The number of piperidine rings is 1. The number of benzene rings is 2. The van der Waals surface area contributed by atoms with Crippen molar-refractivity contribution < 1.29 is 23.0 Å². The summed E-state index contributed by atoms with van der Waals surface area (Å²) >= 11 is 0.984. The lowest BCUT2D eigenvalue weighted by Crippen LogP contribution is -2.52. The van der Waals surface area contributed by atoms with E-state index in [4.69, 9.17) is 19.2 Å². The van der Waals surface area contributed by atoms with E-state index in [1.807, 2.05) is 0 Å². The fourth-order valence-electron chi connectivity index (χ4n) is 6.47. The predicted octanol–water partition coefficient (Wildman–Crippen LogP) is 4.52. The van der Waals surface area contributed by atoms with Crippen molar-refractivity contribution in [2.75, 3.05) is 93.5 Å². The van der Waals surface area contributed by atoms with Crippen LogP contribution in [0.5, 0.6) is 17.2 Å². The largest absolute Gasteiger partial charge is 0.755 e. The summed E-state index contributed by atoms with van der Waals surface area (Å²) in [6.07, 6.45) is 4.81. The van der Waals surface area contributed by atoms with Crippen molar-refractivity contribution >= 4 is 61.7 Å². The van der Waals surface area contributed by atoms with E-state index in [9.17, 15) is 8.76 Å². The van der Waals surface area contributed by atoms with Crippen LogP contribution in [0.2, 0.25) is 0 Å². The van der Waals surface area contributed by atoms with Gasteiger partial charge in [0.25, 0.3) is 0 Å². The minimum atomic E-state index is -2.55. The van der Waals surface area contributed by atoms with Gasteiger partial charge in [-0.25, -0.2) is 4.98 Å². The molecule has 3 aliphatic heterocycles. The molecule has 4 heterocycles. The zero-order valence-corrected chi connectivity index (χ0v) is 29.7. The molecule has 254 valence electrons. The Kier molecular flexibility index (Phi) is 10.6. The Labute approximate surface area is 287 Å². The van der Waals surface area contributed by atoms with Crippen molar-refractivity contribution in [3.05, 3.63) is 40.5 Å². The van der Waals surface area contributed by atoms with Crippen molar-refractivity contribution in [1.82, 2.24) is 19.8 Å². The SMILES string of the molecule is CCc1cc(Nc2ncc(Br)c(Nc3ccc4c(c3N(C)S(=O)[O-])OCCO4)n2)c(OC)cc1N1CCC(N2CCN(C)CC2)CC1. The van der Waals surface area contributed by atoms with E-state index in [0.29, 0.717) is 64.1 Å². The predicted molar refractivity (Wildman–Crippen MR) is 188 cm³/mol. The van der Waals surface area contributed by atoms with E-state index in [1.54, 1.807) is 25.4 Å². The molecule has 15 heteroatoms. The number of nitrogens with zero attached hydrogens (tertiary/aromatic N) is 6. The molecule has 0 spiro atoms. The fourth-order valence-corrected chi connectivity index (χ4v) is 7.09. The van der Waals surface area contributed by atoms with Crippen LogP contribution >= 0.6 is 15.9 Å². The van der Waals surface area contributed by atoms with Crippen LogP contribution in [-0.2, 0) is 17.7 Å². The van der Waals surface area contributed by atoms with Gasteiger partial charge in [-0.05, 0) is 66.0 Å². The Bertz CT molecular complexity index is 1600. The molecule has 1 atom stereocenters. The van der Waals surface area contributed by atoms with E-state index in [1.165, 1.54) is 18.3 Å². The van der Waals surface area contributed by atoms with Crippen molar-refractivity contribution in [2.24, 2.45) is 0 Å². The van der Waals surface area contributed by atoms with Crippen molar-refractivity contribution in [2.45, 2.75) is 32.2 Å². The maximum atomic E-state index is 12.0. The summed E-state index contributed by atoms with van der Waals surface area (Å²) in [5, 5.41) is 6.60. The van der Waals surface area contributed by atoms with Gasteiger partial charge in [0, 0.05) is 81.6 Å². The molecule has 3 aliphatic rings. The first-order valence-electron chi connectivity index (χ1n) is 16.0. The highest BCUT2D eigenvalue weighted by atomic mass is 79.9. The average molecular weight is 731 g/mol. The minimum Gasteiger partial charge on any atom is -0.755 e. The highest BCUT2D eigenvalue weighted by Gasteiger charge is 2.28. The third-order valence-corrected chi connectivity index (χ3v) is 10.3. The highest BCUT2D eigenvalue weighted by Crippen LogP contribution is 2.46. The maximum absolute atomic E-state index is 12.0. The number of rotatable bonds is 10. The Morgan fingerprint density at radius 1 is 1.09 bits per heavy atom. The van der Waals surface area contributed by atoms with Gasteiger partial charge in [-0.1, -0.05) is 6.92 Å². The van der Waals surface area contributed by atoms with Crippen LogP contribution < -0.4 is 34.0 Å². The summed E-state index contributed by atoms with van der Waals surface area (Å²) in [4.78, 5) is 16.8. The molecule has 2 N–H and O–H groups in total. The molecular weight excluding hydrogens is 688 g/mol. The van der Waals surface area contributed by atoms with Crippen molar-refractivity contribution in [1.29, 1.82) is 0 Å². The van der Waals surface area contributed by atoms with Gasteiger partial charge in [-0.2, -0.15) is 4.98 Å². The number of hydrogen-bond donors (Lipinski definition) is 2. The molecule has 47 heavy (non-hydrogen) atoms. The lowest BCUT2D eigenvalue weighted by atomic mass is 9.99. The van der Waals surface area contributed by atoms with Crippen LogP contribution in [0.3, 0.4) is 0 Å². The molecule has 0 saturated carbocycles. The third kappa shape index (κ3) is 7.38. The number of fused-ring (bicyclic) bond motifs is 1. The Hall–Kier alpha value is -3.37. The van der Waals surface area contributed by atoms with E-state index in [0.717, 1.165) is 68.5 Å². The summed E-state index contributed by atoms with van der Waals surface area (Å²) in [6, 6.07) is 8.36. The number of hydrogen-bond acceptors (Lipinski definition) is 12. The minimum absolute atomic E-state index is 0.309. The Morgan fingerprint density at radius 2 is 1.83 bits per heavy atom. The summed E-state index contributed by atoms with van der Waals surface area (Å²) in [5.41, 5.74) is 3.97. The maximum Gasteiger partial charge on any atom is 0.229 e. The number of ether oxygens (including phenoxy) is 3.